The molecule has 3 amide bonds. The molecule has 2 heterocycles. The SMILES string of the molecule is Cc1ccc(C(=O)NCCN2C(=O)S/C(=C\c3ccc4c(c3)OCO4)C2=O)cc1F. The van der Waals surface area contributed by atoms with Crippen molar-refractivity contribution in [2.75, 3.05) is 19.9 Å². The van der Waals surface area contributed by atoms with Gasteiger partial charge >= 0.3 is 0 Å². The molecular formula is C21H17FN2O5S. The number of aryl methyl sites for hydroxylation is 1. The zero-order valence-corrected chi connectivity index (χ0v) is 16.8. The number of nitrogens with one attached hydrogen (secondary N) is 1. The molecule has 1 fully saturated rings. The molecule has 7 nitrogen and oxygen atoms in total. The fraction of sp³-hybridized carbons (Fsp3) is 0.190. The maximum Gasteiger partial charge on any atom is 0.293 e. The maximum atomic E-state index is 13.6. The Morgan fingerprint density at radius 1 is 1.20 bits per heavy atom. The second kappa shape index (κ2) is 8.19. The molecule has 154 valence electrons. The number of hydrogen-bond acceptors (Lipinski definition) is 6. The number of benzene rings is 2. The lowest BCUT2D eigenvalue weighted by Gasteiger charge is -2.13. The summed E-state index contributed by atoms with van der Waals surface area (Å²) in [5, 5.41) is 2.18. The molecule has 9 heteroatoms. The number of carbonyl (C=O) groups is 3. The summed E-state index contributed by atoms with van der Waals surface area (Å²) in [6.07, 6.45) is 1.61. The normalized spacial score (nSPS) is 16.5. The molecule has 0 aromatic heterocycles. The number of fused-ring (bicyclic) bond motifs is 1. The molecule has 1 saturated heterocycles. The van der Waals surface area contributed by atoms with Crippen molar-refractivity contribution >= 4 is 34.9 Å². The molecule has 1 N–H and O–H groups in total. The molecule has 0 radical (unpaired) electrons. The van der Waals surface area contributed by atoms with Gasteiger partial charge in [-0.3, -0.25) is 19.3 Å². The lowest BCUT2D eigenvalue weighted by Crippen LogP contribution is -2.37. The van der Waals surface area contributed by atoms with Crippen LogP contribution >= 0.6 is 11.8 Å². The van der Waals surface area contributed by atoms with E-state index >= 15 is 0 Å². The van der Waals surface area contributed by atoms with Crippen LogP contribution in [0.4, 0.5) is 9.18 Å². The Morgan fingerprint density at radius 3 is 2.80 bits per heavy atom. The minimum atomic E-state index is -0.475. The topological polar surface area (TPSA) is 84.9 Å². The van der Waals surface area contributed by atoms with Gasteiger partial charge in [-0.05, 0) is 60.2 Å². The minimum Gasteiger partial charge on any atom is -0.454 e. The van der Waals surface area contributed by atoms with Crippen molar-refractivity contribution in [2.24, 2.45) is 0 Å². The van der Waals surface area contributed by atoms with Gasteiger partial charge in [0.05, 0.1) is 4.91 Å². The zero-order chi connectivity index (χ0) is 21.3. The zero-order valence-electron chi connectivity index (χ0n) is 15.9. The van der Waals surface area contributed by atoms with Crippen LogP contribution in [0.5, 0.6) is 11.5 Å². The monoisotopic (exact) mass is 428 g/mol. The Morgan fingerprint density at radius 2 is 2.00 bits per heavy atom. The largest absolute Gasteiger partial charge is 0.454 e. The summed E-state index contributed by atoms with van der Waals surface area (Å²) in [4.78, 5) is 38.3. The van der Waals surface area contributed by atoms with E-state index in [2.05, 4.69) is 5.32 Å². The van der Waals surface area contributed by atoms with Gasteiger partial charge in [-0.2, -0.15) is 0 Å². The first-order valence-electron chi connectivity index (χ1n) is 9.12. The molecular weight excluding hydrogens is 411 g/mol. The Kier molecular flexibility index (Phi) is 5.45. The smallest absolute Gasteiger partial charge is 0.293 e. The summed E-state index contributed by atoms with van der Waals surface area (Å²) in [6.45, 7) is 1.83. The minimum absolute atomic E-state index is 0.0171. The van der Waals surface area contributed by atoms with E-state index in [4.69, 9.17) is 9.47 Å². The van der Waals surface area contributed by atoms with Crippen LogP contribution in [0.1, 0.15) is 21.5 Å². The third kappa shape index (κ3) is 4.02. The standard InChI is InChI=1S/C21H17FN2O5S/c1-12-2-4-14(10-15(12)22)19(25)23-6-7-24-20(26)18(30-21(24)27)9-13-3-5-16-17(8-13)29-11-28-16/h2-5,8-10H,6-7,11H2,1H3,(H,23,25)/b18-9-. The molecule has 2 aromatic carbocycles. The van der Waals surface area contributed by atoms with Crippen molar-refractivity contribution in [3.05, 3.63) is 63.8 Å². The summed E-state index contributed by atoms with van der Waals surface area (Å²) < 4.78 is 24.2. The van der Waals surface area contributed by atoms with Gasteiger partial charge in [-0.25, -0.2) is 4.39 Å². The highest BCUT2D eigenvalue weighted by Crippen LogP contribution is 2.36. The van der Waals surface area contributed by atoms with E-state index in [9.17, 15) is 18.8 Å². The van der Waals surface area contributed by atoms with E-state index in [1.807, 2.05) is 0 Å². The van der Waals surface area contributed by atoms with Gasteiger partial charge in [0.2, 0.25) is 6.79 Å². The molecule has 0 spiro atoms. The van der Waals surface area contributed by atoms with E-state index in [1.165, 1.54) is 12.1 Å². The third-order valence-electron chi connectivity index (χ3n) is 4.62. The van der Waals surface area contributed by atoms with Crippen molar-refractivity contribution in [1.29, 1.82) is 0 Å². The molecule has 0 bridgehead atoms. The number of nitrogens with zero attached hydrogens (tertiary/aromatic N) is 1. The lowest BCUT2D eigenvalue weighted by molar-refractivity contribution is -0.122. The second-order valence-corrected chi connectivity index (χ2v) is 7.66. The number of halogens is 1. The van der Waals surface area contributed by atoms with E-state index in [0.717, 1.165) is 22.7 Å². The summed E-state index contributed by atoms with van der Waals surface area (Å²) in [6, 6.07) is 9.42. The molecule has 0 atom stereocenters. The van der Waals surface area contributed by atoms with Gasteiger partial charge < -0.3 is 14.8 Å². The quantitative estimate of drug-likeness (QED) is 0.736. The van der Waals surface area contributed by atoms with Crippen LogP contribution in [-0.4, -0.2) is 41.8 Å². The highest BCUT2D eigenvalue weighted by molar-refractivity contribution is 8.18. The van der Waals surface area contributed by atoms with E-state index in [0.29, 0.717) is 22.6 Å². The average molecular weight is 428 g/mol. The first kappa shape index (κ1) is 20.0. The van der Waals surface area contributed by atoms with Crippen LogP contribution in [0.3, 0.4) is 0 Å². The van der Waals surface area contributed by atoms with Gasteiger partial charge in [-0.1, -0.05) is 12.1 Å². The van der Waals surface area contributed by atoms with Crippen LogP contribution in [0.2, 0.25) is 0 Å². The van der Waals surface area contributed by atoms with Crippen LogP contribution in [0, 0.1) is 12.7 Å². The number of rotatable bonds is 5. The molecule has 2 aliphatic heterocycles. The number of ether oxygens (including phenoxy) is 2. The predicted octanol–water partition coefficient (Wildman–Crippen LogP) is 3.33. The molecule has 0 aliphatic carbocycles. The van der Waals surface area contributed by atoms with Gasteiger partial charge in [0, 0.05) is 18.7 Å². The van der Waals surface area contributed by atoms with Gasteiger partial charge in [0.15, 0.2) is 11.5 Å². The predicted molar refractivity (Wildman–Crippen MR) is 109 cm³/mol. The Balaban J connectivity index is 1.37. The van der Waals surface area contributed by atoms with Crippen molar-refractivity contribution in [3.63, 3.8) is 0 Å². The van der Waals surface area contributed by atoms with E-state index in [1.54, 1.807) is 31.2 Å². The molecule has 4 rings (SSSR count). The van der Waals surface area contributed by atoms with Gasteiger partial charge in [0.1, 0.15) is 5.82 Å². The number of amides is 3. The fourth-order valence-electron chi connectivity index (χ4n) is 2.96. The van der Waals surface area contributed by atoms with Gasteiger partial charge in [-0.15, -0.1) is 0 Å². The summed E-state index contributed by atoms with van der Waals surface area (Å²) >= 11 is 0.833. The lowest BCUT2D eigenvalue weighted by atomic mass is 10.1. The maximum absolute atomic E-state index is 13.6. The van der Waals surface area contributed by atoms with Crippen molar-refractivity contribution < 1.29 is 28.2 Å². The number of carbonyl (C=O) groups excluding carboxylic acids is 3. The fourth-order valence-corrected chi connectivity index (χ4v) is 3.83. The second-order valence-electron chi connectivity index (χ2n) is 6.67. The van der Waals surface area contributed by atoms with Crippen molar-refractivity contribution in [2.45, 2.75) is 6.92 Å². The van der Waals surface area contributed by atoms with Crippen LogP contribution < -0.4 is 14.8 Å². The summed E-state index contributed by atoms with van der Waals surface area (Å²) in [7, 11) is 0. The third-order valence-corrected chi connectivity index (χ3v) is 5.53. The highest BCUT2D eigenvalue weighted by atomic mass is 32.2. The van der Waals surface area contributed by atoms with Crippen LogP contribution in [0.15, 0.2) is 41.3 Å². The number of thioether (sulfide) groups is 1. The van der Waals surface area contributed by atoms with Crippen LogP contribution in [-0.2, 0) is 4.79 Å². The molecule has 0 saturated carbocycles. The summed E-state index contributed by atoms with van der Waals surface area (Å²) in [5.74, 6) is -0.167. The van der Waals surface area contributed by atoms with Crippen molar-refractivity contribution in [3.8, 4) is 11.5 Å². The number of imide groups is 1. The summed E-state index contributed by atoms with van der Waals surface area (Å²) in [5.41, 5.74) is 1.33. The van der Waals surface area contributed by atoms with E-state index in [-0.39, 0.29) is 30.4 Å². The first-order valence-corrected chi connectivity index (χ1v) is 9.93. The Hall–Kier alpha value is -3.33. The molecule has 2 aliphatic rings. The van der Waals surface area contributed by atoms with E-state index < -0.39 is 22.9 Å². The molecule has 30 heavy (non-hydrogen) atoms. The van der Waals surface area contributed by atoms with Crippen molar-refractivity contribution in [1.82, 2.24) is 10.2 Å². The molecule has 2 aromatic rings. The van der Waals surface area contributed by atoms with Crippen LogP contribution in [0.25, 0.3) is 6.08 Å². The molecule has 0 unspecified atom stereocenters. The first-order chi connectivity index (χ1) is 14.4. The van der Waals surface area contributed by atoms with Gasteiger partial charge in [0.25, 0.3) is 17.1 Å². The average Bonchev–Trinajstić information content (AvgIpc) is 3.29. The Labute approximate surface area is 175 Å². The highest BCUT2D eigenvalue weighted by Gasteiger charge is 2.34. The number of hydrogen-bond donors (Lipinski definition) is 1. The Bertz CT molecular complexity index is 1090.